The molecule has 1 saturated heterocycles. The van der Waals surface area contributed by atoms with E-state index < -0.39 is 0 Å². The Morgan fingerprint density at radius 3 is 2.50 bits per heavy atom. The van der Waals surface area contributed by atoms with Crippen LogP contribution in [0.1, 0.15) is 33.6 Å². The predicted octanol–water partition coefficient (Wildman–Crippen LogP) is 3.45. The molecule has 1 fully saturated rings. The lowest BCUT2D eigenvalue weighted by molar-refractivity contribution is 0.129. The molecule has 0 aromatic heterocycles. The quantitative estimate of drug-likeness (QED) is 0.374. The molecule has 0 bridgehead atoms. The van der Waals surface area contributed by atoms with Crippen LogP contribution in [0, 0.1) is 0 Å². The first-order valence-corrected chi connectivity index (χ1v) is 9.55. The van der Waals surface area contributed by atoms with Gasteiger partial charge in [-0.05, 0) is 40.0 Å². The minimum atomic E-state index is 0. The molecule has 148 valence electrons. The van der Waals surface area contributed by atoms with Gasteiger partial charge >= 0.3 is 0 Å². The minimum Gasteiger partial charge on any atom is -0.490 e. The largest absolute Gasteiger partial charge is 0.490 e. The van der Waals surface area contributed by atoms with Crippen LogP contribution in [0.2, 0.25) is 0 Å². The van der Waals surface area contributed by atoms with Gasteiger partial charge in [0.25, 0.3) is 0 Å². The summed E-state index contributed by atoms with van der Waals surface area (Å²) in [6.45, 7) is 11.3. The molecule has 1 heterocycles. The van der Waals surface area contributed by atoms with E-state index in [1.165, 1.54) is 0 Å². The van der Waals surface area contributed by atoms with Crippen molar-refractivity contribution in [3.63, 3.8) is 0 Å². The normalized spacial score (nSPS) is 15.9. The SMILES string of the molecule is CCNC(=NCCN(C)C(C)C)N1CCC(Oc2ccccc2)CC1.I. The number of hydrogen-bond donors (Lipinski definition) is 1. The van der Waals surface area contributed by atoms with E-state index in [1.54, 1.807) is 0 Å². The van der Waals surface area contributed by atoms with Crippen LogP contribution >= 0.6 is 24.0 Å². The van der Waals surface area contributed by atoms with Crippen LogP contribution in [0.25, 0.3) is 0 Å². The molecule has 26 heavy (non-hydrogen) atoms. The molecule has 0 spiro atoms. The lowest BCUT2D eigenvalue weighted by Crippen LogP contribution is -2.47. The number of guanidine groups is 1. The number of para-hydroxylation sites is 1. The summed E-state index contributed by atoms with van der Waals surface area (Å²) < 4.78 is 6.09. The average Bonchev–Trinajstić information content (AvgIpc) is 2.62. The standard InChI is InChI=1S/C20H34N4O.HI/c1-5-21-20(22-13-16-23(4)17(2)3)24-14-11-19(12-15-24)25-18-9-7-6-8-10-18;/h6-10,17,19H,5,11-16H2,1-4H3,(H,21,22);1H. The third kappa shape index (κ3) is 7.70. The molecular formula is C20H35IN4O. The number of nitrogens with one attached hydrogen (secondary N) is 1. The number of halogens is 1. The Bertz CT molecular complexity index is 516. The fraction of sp³-hybridized carbons (Fsp3) is 0.650. The van der Waals surface area contributed by atoms with E-state index in [4.69, 9.17) is 9.73 Å². The molecule has 0 amide bonds. The second-order valence-corrected chi connectivity index (χ2v) is 6.93. The van der Waals surface area contributed by atoms with Gasteiger partial charge in [0.1, 0.15) is 11.9 Å². The Hall–Kier alpha value is -1.02. The molecule has 0 radical (unpaired) electrons. The highest BCUT2D eigenvalue weighted by Gasteiger charge is 2.22. The number of nitrogens with zero attached hydrogens (tertiary/aromatic N) is 3. The molecular weight excluding hydrogens is 439 g/mol. The zero-order valence-electron chi connectivity index (χ0n) is 16.6. The van der Waals surface area contributed by atoms with Crippen molar-refractivity contribution < 1.29 is 4.74 Å². The average molecular weight is 474 g/mol. The molecule has 1 aromatic carbocycles. The second kappa shape index (κ2) is 12.4. The molecule has 2 rings (SSSR count). The molecule has 1 aliphatic rings. The Morgan fingerprint density at radius 2 is 1.92 bits per heavy atom. The van der Waals surface area contributed by atoms with Crippen LogP contribution in [0.5, 0.6) is 5.75 Å². The van der Waals surface area contributed by atoms with Crippen molar-refractivity contribution in [2.75, 3.05) is 39.8 Å². The van der Waals surface area contributed by atoms with Crippen molar-refractivity contribution in [1.82, 2.24) is 15.1 Å². The number of likely N-dealkylation sites (tertiary alicyclic amines) is 1. The highest BCUT2D eigenvalue weighted by Crippen LogP contribution is 2.18. The van der Waals surface area contributed by atoms with Crippen LogP contribution < -0.4 is 10.1 Å². The van der Waals surface area contributed by atoms with Crippen LogP contribution in [-0.2, 0) is 0 Å². The zero-order chi connectivity index (χ0) is 18.1. The molecule has 0 aliphatic carbocycles. The minimum absolute atomic E-state index is 0. The van der Waals surface area contributed by atoms with Crippen molar-refractivity contribution in [1.29, 1.82) is 0 Å². The summed E-state index contributed by atoms with van der Waals surface area (Å²) >= 11 is 0. The van der Waals surface area contributed by atoms with Crippen LogP contribution in [0.15, 0.2) is 35.3 Å². The van der Waals surface area contributed by atoms with E-state index in [1.807, 2.05) is 30.3 Å². The number of benzene rings is 1. The number of rotatable bonds is 7. The molecule has 1 aromatic rings. The van der Waals surface area contributed by atoms with Gasteiger partial charge in [-0.3, -0.25) is 4.99 Å². The summed E-state index contributed by atoms with van der Waals surface area (Å²) in [4.78, 5) is 9.51. The van der Waals surface area contributed by atoms with Gasteiger partial charge in [0.15, 0.2) is 5.96 Å². The van der Waals surface area contributed by atoms with Crippen molar-refractivity contribution in [2.45, 2.75) is 45.8 Å². The van der Waals surface area contributed by atoms with Crippen molar-refractivity contribution in [3.8, 4) is 5.75 Å². The number of hydrogen-bond acceptors (Lipinski definition) is 3. The lowest BCUT2D eigenvalue weighted by Gasteiger charge is -2.34. The van der Waals surface area contributed by atoms with Gasteiger partial charge in [-0.1, -0.05) is 18.2 Å². The summed E-state index contributed by atoms with van der Waals surface area (Å²) in [7, 11) is 2.15. The molecule has 0 atom stereocenters. The number of aliphatic imine (C=N–C) groups is 1. The maximum absolute atomic E-state index is 6.09. The van der Waals surface area contributed by atoms with E-state index in [0.29, 0.717) is 12.1 Å². The van der Waals surface area contributed by atoms with Gasteiger partial charge in [0, 0.05) is 45.1 Å². The Kier molecular flexibility index (Phi) is 11.0. The third-order valence-electron chi connectivity index (χ3n) is 4.72. The Labute approximate surface area is 176 Å². The summed E-state index contributed by atoms with van der Waals surface area (Å²) in [5, 5.41) is 3.44. The molecule has 1 aliphatic heterocycles. The first-order chi connectivity index (χ1) is 12.1. The van der Waals surface area contributed by atoms with E-state index in [2.05, 4.69) is 42.9 Å². The van der Waals surface area contributed by atoms with Gasteiger partial charge in [0.2, 0.25) is 0 Å². The summed E-state index contributed by atoms with van der Waals surface area (Å²) in [6.07, 6.45) is 2.37. The van der Waals surface area contributed by atoms with E-state index in [-0.39, 0.29) is 24.0 Å². The van der Waals surface area contributed by atoms with Crippen LogP contribution in [0.4, 0.5) is 0 Å². The van der Waals surface area contributed by atoms with Crippen molar-refractivity contribution in [2.24, 2.45) is 4.99 Å². The topological polar surface area (TPSA) is 40.1 Å². The Balaban J connectivity index is 0.00000338. The van der Waals surface area contributed by atoms with Gasteiger partial charge < -0.3 is 19.9 Å². The van der Waals surface area contributed by atoms with Crippen LogP contribution in [-0.4, -0.2) is 67.7 Å². The maximum atomic E-state index is 6.09. The fourth-order valence-corrected chi connectivity index (χ4v) is 2.87. The summed E-state index contributed by atoms with van der Waals surface area (Å²) in [5.41, 5.74) is 0. The molecule has 0 saturated carbocycles. The molecule has 5 nitrogen and oxygen atoms in total. The molecule has 6 heteroatoms. The zero-order valence-corrected chi connectivity index (χ0v) is 19.0. The molecule has 0 unspecified atom stereocenters. The highest BCUT2D eigenvalue weighted by atomic mass is 127. The van der Waals surface area contributed by atoms with Gasteiger partial charge in [0.05, 0.1) is 6.54 Å². The number of ether oxygens (including phenoxy) is 1. The van der Waals surface area contributed by atoms with Crippen molar-refractivity contribution >= 4 is 29.9 Å². The molecule has 1 N–H and O–H groups in total. The van der Waals surface area contributed by atoms with E-state index in [0.717, 1.165) is 57.3 Å². The second-order valence-electron chi connectivity index (χ2n) is 6.93. The lowest BCUT2D eigenvalue weighted by atomic mass is 10.1. The maximum Gasteiger partial charge on any atom is 0.193 e. The highest BCUT2D eigenvalue weighted by molar-refractivity contribution is 14.0. The Morgan fingerprint density at radius 1 is 1.27 bits per heavy atom. The summed E-state index contributed by atoms with van der Waals surface area (Å²) in [5.74, 6) is 2.01. The fourth-order valence-electron chi connectivity index (χ4n) is 2.87. The van der Waals surface area contributed by atoms with Crippen LogP contribution in [0.3, 0.4) is 0 Å². The van der Waals surface area contributed by atoms with E-state index >= 15 is 0 Å². The first-order valence-electron chi connectivity index (χ1n) is 9.55. The van der Waals surface area contributed by atoms with E-state index in [9.17, 15) is 0 Å². The predicted molar refractivity (Wildman–Crippen MR) is 121 cm³/mol. The smallest absolute Gasteiger partial charge is 0.193 e. The van der Waals surface area contributed by atoms with Crippen molar-refractivity contribution in [3.05, 3.63) is 30.3 Å². The van der Waals surface area contributed by atoms with Gasteiger partial charge in [-0.15, -0.1) is 24.0 Å². The summed E-state index contributed by atoms with van der Waals surface area (Å²) in [6, 6.07) is 10.7. The van der Waals surface area contributed by atoms with Gasteiger partial charge in [-0.2, -0.15) is 0 Å². The number of likely N-dealkylation sites (N-methyl/N-ethyl adjacent to an activating group) is 1. The van der Waals surface area contributed by atoms with Gasteiger partial charge in [-0.25, -0.2) is 0 Å². The first kappa shape index (κ1) is 23.0. The monoisotopic (exact) mass is 474 g/mol. The third-order valence-corrected chi connectivity index (χ3v) is 4.72. The number of piperidine rings is 1.